The molecule has 3 aliphatic heterocycles. The number of nitrogens with zero attached hydrogens (tertiary/aromatic N) is 3. The molecule has 5 rings (SSSR count). The number of aromatic nitrogens is 2. The van der Waals surface area contributed by atoms with E-state index in [2.05, 4.69) is 25.9 Å². The van der Waals surface area contributed by atoms with Gasteiger partial charge < -0.3 is 20.9 Å². The van der Waals surface area contributed by atoms with E-state index in [4.69, 9.17) is 23.2 Å². The van der Waals surface area contributed by atoms with Crippen molar-refractivity contribution in [3.63, 3.8) is 0 Å². The van der Waals surface area contributed by atoms with Crippen LogP contribution in [-0.2, 0) is 0 Å². The second-order valence-electron chi connectivity index (χ2n) is 8.46. The Balaban J connectivity index is 1.26. The van der Waals surface area contributed by atoms with E-state index in [1.54, 1.807) is 36.7 Å². The second-order valence-corrected chi connectivity index (χ2v) is 9.31. The minimum Gasteiger partial charge on any atom is -0.367 e. The molecule has 1 fully saturated rings. The van der Waals surface area contributed by atoms with E-state index in [0.717, 1.165) is 24.0 Å². The first-order chi connectivity index (χ1) is 16.5. The van der Waals surface area contributed by atoms with Gasteiger partial charge in [-0.15, -0.1) is 0 Å². The lowest BCUT2D eigenvalue weighted by Crippen LogP contribution is -2.42. The zero-order valence-corrected chi connectivity index (χ0v) is 19.7. The number of fused-ring (bicyclic) bond motifs is 1. The van der Waals surface area contributed by atoms with Crippen molar-refractivity contribution in [2.24, 2.45) is 5.92 Å². The number of halogens is 3. The predicted molar refractivity (Wildman–Crippen MR) is 131 cm³/mol. The molecular formula is C24H23Cl2FN6O. The first-order valence-electron chi connectivity index (χ1n) is 11.1. The first-order valence-corrected chi connectivity index (χ1v) is 11.9. The fraction of sp³-hybridized carbons (Fsp3) is 0.292. The number of piperidine rings is 1. The largest absolute Gasteiger partial charge is 0.367 e. The molecule has 1 aromatic heterocycles. The molecule has 1 saturated heterocycles. The third-order valence-electron chi connectivity index (χ3n) is 6.15. The number of hydrogen-bond acceptors (Lipinski definition) is 6. The van der Waals surface area contributed by atoms with E-state index < -0.39 is 5.82 Å². The van der Waals surface area contributed by atoms with Crippen LogP contribution >= 0.6 is 23.2 Å². The normalized spacial score (nSPS) is 21.5. The highest BCUT2D eigenvalue weighted by molar-refractivity contribution is 6.33. The zero-order valence-electron chi connectivity index (χ0n) is 18.2. The van der Waals surface area contributed by atoms with Crippen molar-refractivity contribution >= 4 is 40.5 Å². The summed E-state index contributed by atoms with van der Waals surface area (Å²) >= 11 is 12.3. The van der Waals surface area contributed by atoms with Crippen molar-refractivity contribution in [1.82, 2.24) is 25.5 Å². The van der Waals surface area contributed by atoms with Crippen molar-refractivity contribution < 1.29 is 9.18 Å². The molecule has 1 unspecified atom stereocenters. The summed E-state index contributed by atoms with van der Waals surface area (Å²) in [5.41, 5.74) is 2.15. The highest BCUT2D eigenvalue weighted by atomic mass is 35.5. The number of carbonyl (C=O) groups excluding carboxylic acids is 1. The molecule has 0 saturated carbocycles. The maximum Gasteiger partial charge on any atom is 0.255 e. The molecule has 0 aliphatic carbocycles. The summed E-state index contributed by atoms with van der Waals surface area (Å²) in [5, 5.41) is 10.5. The molecule has 34 heavy (non-hydrogen) atoms. The second kappa shape index (κ2) is 9.64. The Morgan fingerprint density at radius 3 is 2.91 bits per heavy atom. The van der Waals surface area contributed by atoms with Gasteiger partial charge in [0.2, 0.25) is 0 Å². The summed E-state index contributed by atoms with van der Waals surface area (Å²) < 4.78 is 14.5. The number of allylic oxidation sites excluding steroid dienone is 2. The molecule has 1 aromatic carbocycles. The van der Waals surface area contributed by atoms with Gasteiger partial charge in [-0.3, -0.25) is 4.79 Å². The number of likely N-dealkylation sites (tertiary alicyclic amines) is 1. The topological polar surface area (TPSA) is 82.2 Å². The van der Waals surface area contributed by atoms with Gasteiger partial charge in [-0.25, -0.2) is 14.4 Å². The summed E-state index contributed by atoms with van der Waals surface area (Å²) in [6, 6.07) is 7.06. The standard InChI is InChI=1S/C24H23Cl2FN6O/c25-15-8-17-18(11-30-21(17)29-10-15)22-31-12-20(27)23(32-22)28-9-14-4-3-7-33(13-14)24(34)16-5-1-2-6-19(16)26/h1-2,5-6,8,10-12,14,21,29-30H,3-4,7,9,13H2,(H,28,31,32)/t14-,21?/m0/s1. The van der Waals surface area contributed by atoms with Gasteiger partial charge in [0.15, 0.2) is 17.5 Å². The lowest BCUT2D eigenvalue weighted by molar-refractivity contribution is 0.0680. The van der Waals surface area contributed by atoms with E-state index in [1.807, 2.05) is 11.0 Å². The van der Waals surface area contributed by atoms with Gasteiger partial charge in [0.05, 0.1) is 21.8 Å². The summed E-state index contributed by atoms with van der Waals surface area (Å²) in [7, 11) is 0. The van der Waals surface area contributed by atoms with Crippen LogP contribution in [0.5, 0.6) is 0 Å². The third kappa shape index (κ3) is 4.60. The van der Waals surface area contributed by atoms with Crippen molar-refractivity contribution in [2.45, 2.75) is 19.0 Å². The van der Waals surface area contributed by atoms with Gasteiger partial charge in [0, 0.05) is 43.2 Å². The lowest BCUT2D eigenvalue weighted by atomic mass is 9.97. The average Bonchev–Trinajstić information content (AvgIpc) is 3.26. The lowest BCUT2D eigenvalue weighted by Gasteiger charge is -2.33. The molecule has 3 aliphatic rings. The van der Waals surface area contributed by atoms with E-state index in [-0.39, 0.29) is 23.8 Å². The number of anilines is 1. The van der Waals surface area contributed by atoms with Crippen LogP contribution in [0.3, 0.4) is 0 Å². The monoisotopic (exact) mass is 500 g/mol. The van der Waals surface area contributed by atoms with Crippen LogP contribution in [-0.4, -0.2) is 46.6 Å². The summed E-state index contributed by atoms with van der Waals surface area (Å²) in [6.45, 7) is 1.73. The van der Waals surface area contributed by atoms with Crippen LogP contribution < -0.4 is 16.0 Å². The van der Waals surface area contributed by atoms with E-state index in [0.29, 0.717) is 41.1 Å². The van der Waals surface area contributed by atoms with Gasteiger partial charge in [0.1, 0.15) is 6.17 Å². The predicted octanol–water partition coefficient (Wildman–Crippen LogP) is 4.11. The SMILES string of the molecule is O=C(c1ccccc1Cl)N1CCC[C@@H](CNc2nc(C3=CNC4NC=C(Cl)C=C34)ncc2F)C1. The quantitative estimate of drug-likeness (QED) is 0.572. The number of rotatable bonds is 5. The third-order valence-corrected chi connectivity index (χ3v) is 6.70. The smallest absolute Gasteiger partial charge is 0.255 e. The summed E-state index contributed by atoms with van der Waals surface area (Å²) in [4.78, 5) is 23.4. The first kappa shape index (κ1) is 22.7. The Labute approximate surface area is 206 Å². The van der Waals surface area contributed by atoms with E-state index >= 15 is 0 Å². The Bertz CT molecular complexity index is 1210. The van der Waals surface area contributed by atoms with Crippen molar-refractivity contribution in [1.29, 1.82) is 0 Å². The van der Waals surface area contributed by atoms with Gasteiger partial charge in [-0.1, -0.05) is 35.3 Å². The highest BCUT2D eigenvalue weighted by Crippen LogP contribution is 2.31. The minimum absolute atomic E-state index is 0.0805. The summed E-state index contributed by atoms with van der Waals surface area (Å²) in [6.07, 6.45) is 8.19. The van der Waals surface area contributed by atoms with Gasteiger partial charge >= 0.3 is 0 Å². The van der Waals surface area contributed by atoms with Crippen LogP contribution in [0.4, 0.5) is 10.2 Å². The highest BCUT2D eigenvalue weighted by Gasteiger charge is 2.29. The molecule has 2 atom stereocenters. The molecule has 4 heterocycles. The molecule has 0 bridgehead atoms. The Morgan fingerprint density at radius 1 is 1.24 bits per heavy atom. The van der Waals surface area contributed by atoms with Crippen molar-refractivity contribution in [2.75, 3.05) is 25.0 Å². The molecule has 7 nitrogen and oxygen atoms in total. The zero-order chi connectivity index (χ0) is 23.7. The molecule has 10 heteroatoms. The van der Waals surface area contributed by atoms with Crippen molar-refractivity contribution in [3.8, 4) is 0 Å². The molecular weight excluding hydrogens is 478 g/mol. The number of dihydropyridines is 1. The van der Waals surface area contributed by atoms with Gasteiger partial charge in [-0.2, -0.15) is 0 Å². The Morgan fingerprint density at radius 2 is 2.06 bits per heavy atom. The molecule has 1 amide bonds. The van der Waals surface area contributed by atoms with Gasteiger partial charge in [0.25, 0.3) is 5.91 Å². The maximum absolute atomic E-state index is 14.5. The molecule has 0 radical (unpaired) electrons. The van der Waals surface area contributed by atoms with E-state index in [9.17, 15) is 9.18 Å². The van der Waals surface area contributed by atoms with Crippen LogP contribution in [0.15, 0.2) is 59.5 Å². The van der Waals surface area contributed by atoms with E-state index in [1.165, 1.54) is 6.20 Å². The number of benzene rings is 1. The molecule has 176 valence electrons. The van der Waals surface area contributed by atoms with Crippen LogP contribution in [0.1, 0.15) is 29.0 Å². The number of amides is 1. The maximum atomic E-state index is 14.5. The number of nitrogens with one attached hydrogen (secondary N) is 3. The molecule has 3 N–H and O–H groups in total. The van der Waals surface area contributed by atoms with Crippen LogP contribution in [0.25, 0.3) is 5.57 Å². The van der Waals surface area contributed by atoms with Crippen LogP contribution in [0.2, 0.25) is 5.02 Å². The fourth-order valence-corrected chi connectivity index (χ4v) is 4.82. The molecule has 2 aromatic rings. The Kier molecular flexibility index (Phi) is 6.43. The van der Waals surface area contributed by atoms with Crippen LogP contribution in [0, 0.1) is 11.7 Å². The molecule has 0 spiro atoms. The summed E-state index contributed by atoms with van der Waals surface area (Å²) in [5.74, 6) is 0.0831. The number of hydrogen-bond donors (Lipinski definition) is 3. The Hall–Kier alpha value is -3.10. The minimum atomic E-state index is -0.527. The van der Waals surface area contributed by atoms with Gasteiger partial charge in [-0.05, 0) is 37.0 Å². The fourth-order valence-electron chi connectivity index (χ4n) is 4.42. The number of carbonyl (C=O) groups is 1. The van der Waals surface area contributed by atoms with Crippen molar-refractivity contribution in [3.05, 3.63) is 81.8 Å². The average molecular weight is 501 g/mol.